The molecule has 1 unspecified atom stereocenters. The second kappa shape index (κ2) is 9.74. The van der Waals surface area contributed by atoms with Gasteiger partial charge in [-0.3, -0.25) is 9.36 Å². The van der Waals surface area contributed by atoms with E-state index in [1.165, 1.54) is 17.8 Å². The molecule has 0 fully saturated rings. The highest BCUT2D eigenvalue weighted by atomic mass is 35.5. The van der Waals surface area contributed by atoms with Crippen molar-refractivity contribution in [1.29, 1.82) is 0 Å². The number of alkyl halides is 3. The van der Waals surface area contributed by atoms with Crippen LogP contribution in [0.3, 0.4) is 0 Å². The smallest absolute Gasteiger partial charge is 0.346 e. The minimum absolute atomic E-state index is 0.133. The Hall–Kier alpha value is -2.52. The van der Waals surface area contributed by atoms with E-state index in [1.54, 1.807) is 42.7 Å². The third kappa shape index (κ3) is 5.80. The lowest BCUT2D eigenvalue weighted by molar-refractivity contribution is -0.137. The first kappa shape index (κ1) is 23.1. The lowest BCUT2D eigenvalue weighted by Crippen LogP contribution is -2.27. The SMILES string of the molecule is CCC(=O)NC(C)c1nnc(SCc2cccc(C(F)(F)F)c2)n1-c1cccc(Cl)c1. The highest BCUT2D eigenvalue weighted by Crippen LogP contribution is 2.32. The summed E-state index contributed by atoms with van der Waals surface area (Å²) in [4.78, 5) is 11.8. The monoisotopic (exact) mass is 468 g/mol. The third-order valence-electron chi connectivity index (χ3n) is 4.43. The maximum Gasteiger partial charge on any atom is 0.416 e. The van der Waals surface area contributed by atoms with Crippen LogP contribution < -0.4 is 5.32 Å². The zero-order valence-corrected chi connectivity index (χ0v) is 18.4. The number of thioether (sulfide) groups is 1. The molecule has 1 atom stereocenters. The first-order chi connectivity index (χ1) is 14.7. The van der Waals surface area contributed by atoms with E-state index in [2.05, 4.69) is 15.5 Å². The zero-order chi connectivity index (χ0) is 22.6. The van der Waals surface area contributed by atoms with Crippen LogP contribution in [-0.2, 0) is 16.7 Å². The van der Waals surface area contributed by atoms with Crippen LogP contribution in [0, 0.1) is 0 Å². The van der Waals surface area contributed by atoms with Crippen LogP contribution in [0.1, 0.15) is 43.3 Å². The first-order valence-electron chi connectivity index (χ1n) is 9.48. The molecule has 1 N–H and O–H groups in total. The molecule has 0 aliphatic rings. The molecule has 1 aromatic heterocycles. The van der Waals surface area contributed by atoms with Crippen molar-refractivity contribution in [1.82, 2.24) is 20.1 Å². The largest absolute Gasteiger partial charge is 0.416 e. The average Bonchev–Trinajstić information content (AvgIpc) is 3.16. The number of nitrogens with zero attached hydrogens (tertiary/aromatic N) is 3. The molecule has 0 spiro atoms. The molecule has 1 amide bonds. The topological polar surface area (TPSA) is 59.8 Å². The van der Waals surface area contributed by atoms with E-state index >= 15 is 0 Å². The molecule has 2 aromatic carbocycles. The quantitative estimate of drug-likeness (QED) is 0.444. The fourth-order valence-corrected chi connectivity index (χ4v) is 3.99. The average molecular weight is 469 g/mol. The molecular weight excluding hydrogens is 449 g/mol. The lowest BCUT2D eigenvalue weighted by atomic mass is 10.1. The molecular formula is C21H20ClF3N4OS. The number of hydrogen-bond acceptors (Lipinski definition) is 4. The summed E-state index contributed by atoms with van der Waals surface area (Å²) in [6.45, 7) is 3.54. The van der Waals surface area contributed by atoms with E-state index in [9.17, 15) is 18.0 Å². The fraction of sp³-hybridized carbons (Fsp3) is 0.286. The van der Waals surface area contributed by atoms with Gasteiger partial charge in [-0.25, -0.2) is 0 Å². The van der Waals surface area contributed by atoms with Crippen molar-refractivity contribution in [2.75, 3.05) is 0 Å². The van der Waals surface area contributed by atoms with Crippen LogP contribution in [-0.4, -0.2) is 20.7 Å². The number of amides is 1. The lowest BCUT2D eigenvalue weighted by Gasteiger charge is -2.16. The van der Waals surface area contributed by atoms with Crippen LogP contribution in [0.25, 0.3) is 5.69 Å². The highest BCUT2D eigenvalue weighted by molar-refractivity contribution is 7.98. The first-order valence-corrected chi connectivity index (χ1v) is 10.8. The van der Waals surface area contributed by atoms with Gasteiger partial charge in [0, 0.05) is 17.2 Å². The number of carbonyl (C=O) groups excluding carboxylic acids is 1. The van der Waals surface area contributed by atoms with Gasteiger partial charge in [0.2, 0.25) is 5.91 Å². The van der Waals surface area contributed by atoms with Crippen molar-refractivity contribution in [2.24, 2.45) is 0 Å². The molecule has 0 aliphatic heterocycles. The van der Waals surface area contributed by atoms with E-state index in [0.717, 1.165) is 12.1 Å². The second-order valence-electron chi connectivity index (χ2n) is 6.79. The number of rotatable bonds is 7. The van der Waals surface area contributed by atoms with Crippen molar-refractivity contribution in [3.05, 3.63) is 70.5 Å². The Balaban J connectivity index is 1.92. The molecule has 0 saturated carbocycles. The summed E-state index contributed by atoms with van der Waals surface area (Å²) in [5.74, 6) is 0.625. The Bertz CT molecular complexity index is 1070. The molecule has 0 aliphatic carbocycles. The Morgan fingerprint density at radius 1 is 1.19 bits per heavy atom. The molecule has 5 nitrogen and oxygen atoms in total. The second-order valence-corrected chi connectivity index (χ2v) is 8.16. The molecule has 10 heteroatoms. The van der Waals surface area contributed by atoms with Gasteiger partial charge in [0.15, 0.2) is 11.0 Å². The Morgan fingerprint density at radius 2 is 1.94 bits per heavy atom. The van der Waals surface area contributed by atoms with E-state index in [4.69, 9.17) is 11.6 Å². The molecule has 3 aromatic rings. The molecule has 31 heavy (non-hydrogen) atoms. The molecule has 164 valence electrons. The predicted octanol–water partition coefficient (Wildman–Crippen LogP) is 5.82. The predicted molar refractivity (Wildman–Crippen MR) is 114 cm³/mol. The van der Waals surface area contributed by atoms with Gasteiger partial charge in [-0.05, 0) is 36.8 Å². The molecule has 0 bridgehead atoms. The standard InChI is InChI=1S/C21H20ClF3N4OS/c1-3-18(30)26-13(2)19-27-28-20(29(19)17-9-5-8-16(22)11-17)31-12-14-6-4-7-15(10-14)21(23,24)25/h4-11,13H,3,12H2,1-2H3,(H,26,30). The van der Waals surface area contributed by atoms with Gasteiger partial charge >= 0.3 is 6.18 Å². The number of benzene rings is 2. The Morgan fingerprint density at radius 3 is 2.61 bits per heavy atom. The van der Waals surface area contributed by atoms with Crippen molar-refractivity contribution in [3.63, 3.8) is 0 Å². The number of nitrogens with one attached hydrogen (secondary N) is 1. The van der Waals surface area contributed by atoms with Crippen molar-refractivity contribution in [2.45, 2.75) is 43.4 Å². The summed E-state index contributed by atoms with van der Waals surface area (Å²) < 4.78 is 40.8. The Kier molecular flexibility index (Phi) is 7.27. The van der Waals surface area contributed by atoms with Gasteiger partial charge in [0.1, 0.15) is 0 Å². The minimum atomic E-state index is -4.40. The number of aromatic nitrogens is 3. The minimum Gasteiger partial charge on any atom is -0.346 e. The summed E-state index contributed by atoms with van der Waals surface area (Å²) in [5, 5.41) is 12.3. The summed E-state index contributed by atoms with van der Waals surface area (Å²) >= 11 is 7.40. The zero-order valence-electron chi connectivity index (χ0n) is 16.8. The normalized spacial score (nSPS) is 12.6. The van der Waals surface area contributed by atoms with Gasteiger partial charge < -0.3 is 5.32 Å². The maximum atomic E-state index is 13.0. The maximum absolute atomic E-state index is 13.0. The number of hydrogen-bond donors (Lipinski definition) is 1. The molecule has 0 radical (unpaired) electrons. The number of carbonyl (C=O) groups is 1. The third-order valence-corrected chi connectivity index (χ3v) is 5.67. The molecule has 1 heterocycles. The fourth-order valence-electron chi connectivity index (χ4n) is 2.91. The van der Waals surface area contributed by atoms with E-state index in [-0.39, 0.29) is 11.7 Å². The van der Waals surface area contributed by atoms with Crippen LogP contribution in [0.2, 0.25) is 5.02 Å². The molecule has 3 rings (SSSR count). The summed E-state index contributed by atoms with van der Waals surface area (Å²) in [7, 11) is 0. The van der Waals surface area contributed by atoms with Gasteiger partial charge in [-0.1, -0.05) is 54.6 Å². The van der Waals surface area contributed by atoms with E-state index < -0.39 is 17.8 Å². The van der Waals surface area contributed by atoms with Gasteiger partial charge in [-0.15, -0.1) is 10.2 Å². The van der Waals surface area contributed by atoms with Gasteiger partial charge in [0.05, 0.1) is 17.3 Å². The van der Waals surface area contributed by atoms with Gasteiger partial charge in [-0.2, -0.15) is 13.2 Å². The van der Waals surface area contributed by atoms with E-state index in [0.29, 0.717) is 33.7 Å². The Labute approximate surface area is 187 Å². The summed E-state index contributed by atoms with van der Waals surface area (Å²) in [6, 6.07) is 11.8. The summed E-state index contributed by atoms with van der Waals surface area (Å²) in [5.41, 5.74) is 0.504. The molecule has 0 saturated heterocycles. The highest BCUT2D eigenvalue weighted by Gasteiger charge is 2.30. The van der Waals surface area contributed by atoms with Crippen LogP contribution in [0.15, 0.2) is 53.7 Å². The van der Waals surface area contributed by atoms with Crippen LogP contribution >= 0.6 is 23.4 Å². The van der Waals surface area contributed by atoms with Crippen LogP contribution in [0.4, 0.5) is 13.2 Å². The van der Waals surface area contributed by atoms with Crippen molar-refractivity contribution < 1.29 is 18.0 Å². The van der Waals surface area contributed by atoms with Gasteiger partial charge in [0.25, 0.3) is 0 Å². The van der Waals surface area contributed by atoms with E-state index in [1.807, 2.05) is 6.07 Å². The number of halogens is 4. The van der Waals surface area contributed by atoms with Crippen LogP contribution in [0.5, 0.6) is 0 Å². The van der Waals surface area contributed by atoms with Crippen molar-refractivity contribution in [3.8, 4) is 5.69 Å². The van der Waals surface area contributed by atoms with Crippen molar-refractivity contribution >= 4 is 29.3 Å². The summed E-state index contributed by atoms with van der Waals surface area (Å²) in [6.07, 6.45) is -4.08.